The molecule has 0 saturated heterocycles. The second kappa shape index (κ2) is 10.5. The molecule has 0 saturated carbocycles. The number of hydrogen-bond acceptors (Lipinski definition) is 8. The van der Waals surface area contributed by atoms with Gasteiger partial charge in [-0.2, -0.15) is 0 Å². The third-order valence-corrected chi connectivity index (χ3v) is 4.87. The third-order valence-electron chi connectivity index (χ3n) is 4.87. The summed E-state index contributed by atoms with van der Waals surface area (Å²) in [7, 11) is 1.49. The molecule has 2 aromatic heterocycles. The molecule has 176 valence electrons. The number of carbonyl (C=O) groups is 2. The topological polar surface area (TPSA) is 129 Å². The lowest BCUT2D eigenvalue weighted by Gasteiger charge is -2.12. The van der Waals surface area contributed by atoms with Crippen molar-refractivity contribution in [2.45, 2.75) is 26.2 Å². The van der Waals surface area contributed by atoms with Crippen molar-refractivity contribution in [3.63, 3.8) is 0 Å². The average Bonchev–Trinajstić information content (AvgIpc) is 3.51. The van der Waals surface area contributed by atoms with Gasteiger partial charge in [0.15, 0.2) is 17.3 Å². The highest BCUT2D eigenvalue weighted by Crippen LogP contribution is 2.28. The largest absolute Gasteiger partial charge is 0.493 e. The standard InChI is InChI=1S/C24H24N4O6/c1-3-12-32-18-9-8-16(14-19(18)31-2)23(30)27-25-21(29)10-11-22-26-28-24(34-22)20-13-15-6-4-5-7-17(15)33-20/h4-9,13-14H,3,10-12H2,1-2H3,(H,25,29)(H,27,30). The molecule has 10 nitrogen and oxygen atoms in total. The first kappa shape index (κ1) is 22.8. The van der Waals surface area contributed by atoms with Crippen molar-refractivity contribution in [2.75, 3.05) is 13.7 Å². The van der Waals surface area contributed by atoms with Gasteiger partial charge in [-0.15, -0.1) is 10.2 Å². The summed E-state index contributed by atoms with van der Waals surface area (Å²) in [5, 5.41) is 8.86. The van der Waals surface area contributed by atoms with Crippen LogP contribution in [0.2, 0.25) is 0 Å². The summed E-state index contributed by atoms with van der Waals surface area (Å²) >= 11 is 0. The number of para-hydroxylation sites is 1. The van der Waals surface area contributed by atoms with E-state index in [2.05, 4.69) is 21.0 Å². The number of carbonyl (C=O) groups excluding carboxylic acids is 2. The summed E-state index contributed by atoms with van der Waals surface area (Å²) in [6.07, 6.45) is 1.09. The Hall–Kier alpha value is -4.34. The Morgan fingerprint density at radius 1 is 1.00 bits per heavy atom. The summed E-state index contributed by atoms with van der Waals surface area (Å²) in [6, 6.07) is 14.2. The van der Waals surface area contributed by atoms with Crippen molar-refractivity contribution < 1.29 is 27.9 Å². The van der Waals surface area contributed by atoms with E-state index in [1.807, 2.05) is 37.3 Å². The van der Waals surface area contributed by atoms with Crippen molar-refractivity contribution in [2.24, 2.45) is 0 Å². The molecule has 0 aliphatic carbocycles. The van der Waals surface area contributed by atoms with E-state index < -0.39 is 11.8 Å². The molecule has 0 aliphatic rings. The van der Waals surface area contributed by atoms with Crippen LogP contribution in [0.5, 0.6) is 11.5 Å². The highest BCUT2D eigenvalue weighted by Gasteiger charge is 2.15. The van der Waals surface area contributed by atoms with Gasteiger partial charge in [-0.1, -0.05) is 25.1 Å². The van der Waals surface area contributed by atoms with E-state index >= 15 is 0 Å². The molecule has 34 heavy (non-hydrogen) atoms. The second-order valence-electron chi connectivity index (χ2n) is 7.37. The fraction of sp³-hybridized carbons (Fsp3) is 0.250. The number of fused-ring (bicyclic) bond motifs is 1. The van der Waals surface area contributed by atoms with Gasteiger partial charge in [-0.05, 0) is 36.8 Å². The highest BCUT2D eigenvalue weighted by molar-refractivity contribution is 5.96. The Morgan fingerprint density at radius 3 is 2.65 bits per heavy atom. The number of furan rings is 1. The molecule has 2 heterocycles. The van der Waals surface area contributed by atoms with Gasteiger partial charge in [0.2, 0.25) is 11.8 Å². The fourth-order valence-electron chi connectivity index (χ4n) is 3.16. The van der Waals surface area contributed by atoms with E-state index in [1.54, 1.807) is 18.2 Å². The SMILES string of the molecule is CCCOc1ccc(C(=O)NNC(=O)CCc2nnc(-c3cc4ccccc4o3)o2)cc1OC. The average molecular weight is 464 g/mol. The van der Waals surface area contributed by atoms with Crippen LogP contribution in [0, 0.1) is 0 Å². The van der Waals surface area contributed by atoms with Gasteiger partial charge in [0.25, 0.3) is 11.8 Å². The molecule has 0 radical (unpaired) electrons. The van der Waals surface area contributed by atoms with E-state index in [-0.39, 0.29) is 24.6 Å². The highest BCUT2D eigenvalue weighted by atomic mass is 16.5. The van der Waals surface area contributed by atoms with E-state index in [9.17, 15) is 9.59 Å². The molecule has 0 unspecified atom stereocenters. The number of nitrogens with zero attached hydrogens (tertiary/aromatic N) is 2. The zero-order valence-corrected chi connectivity index (χ0v) is 18.8. The number of aryl methyl sites for hydroxylation is 1. The van der Waals surface area contributed by atoms with E-state index in [4.69, 9.17) is 18.3 Å². The smallest absolute Gasteiger partial charge is 0.283 e. The molecule has 4 rings (SSSR count). The van der Waals surface area contributed by atoms with Crippen molar-refractivity contribution in [3.8, 4) is 23.1 Å². The number of amides is 2. The van der Waals surface area contributed by atoms with Crippen LogP contribution < -0.4 is 20.3 Å². The maximum absolute atomic E-state index is 12.4. The molecule has 0 fully saturated rings. The summed E-state index contributed by atoms with van der Waals surface area (Å²) in [5.74, 6) is 1.06. The predicted octanol–water partition coefficient (Wildman–Crippen LogP) is 3.67. The Morgan fingerprint density at radius 2 is 1.85 bits per heavy atom. The number of ether oxygens (including phenoxy) is 2. The Balaban J connectivity index is 1.28. The number of hydrazine groups is 1. The van der Waals surface area contributed by atoms with Gasteiger partial charge in [0.1, 0.15) is 5.58 Å². The zero-order valence-electron chi connectivity index (χ0n) is 18.8. The lowest BCUT2D eigenvalue weighted by molar-refractivity contribution is -0.121. The fourth-order valence-corrected chi connectivity index (χ4v) is 3.16. The van der Waals surface area contributed by atoms with Gasteiger partial charge in [0, 0.05) is 23.8 Å². The summed E-state index contributed by atoms with van der Waals surface area (Å²) in [5.41, 5.74) is 5.78. The maximum Gasteiger partial charge on any atom is 0.283 e. The van der Waals surface area contributed by atoms with Crippen LogP contribution >= 0.6 is 0 Å². The molecule has 2 N–H and O–H groups in total. The van der Waals surface area contributed by atoms with Gasteiger partial charge in [-0.3, -0.25) is 20.4 Å². The maximum atomic E-state index is 12.4. The number of benzene rings is 2. The molecule has 10 heteroatoms. The van der Waals surface area contributed by atoms with Crippen LogP contribution in [-0.2, 0) is 11.2 Å². The number of hydrogen-bond donors (Lipinski definition) is 2. The van der Waals surface area contributed by atoms with Gasteiger partial charge in [0.05, 0.1) is 13.7 Å². The number of aromatic nitrogens is 2. The van der Waals surface area contributed by atoms with Crippen LogP contribution in [0.1, 0.15) is 36.0 Å². The summed E-state index contributed by atoms with van der Waals surface area (Å²) in [6.45, 7) is 2.53. The lowest BCUT2D eigenvalue weighted by atomic mass is 10.2. The van der Waals surface area contributed by atoms with Crippen molar-refractivity contribution >= 4 is 22.8 Å². The minimum atomic E-state index is -0.487. The molecule has 0 atom stereocenters. The van der Waals surface area contributed by atoms with Crippen LogP contribution in [0.15, 0.2) is 57.4 Å². The summed E-state index contributed by atoms with van der Waals surface area (Å²) in [4.78, 5) is 24.5. The van der Waals surface area contributed by atoms with E-state index in [0.717, 1.165) is 11.8 Å². The molecule has 0 bridgehead atoms. The third kappa shape index (κ3) is 5.34. The molecular weight excluding hydrogens is 440 g/mol. The van der Waals surface area contributed by atoms with Crippen LogP contribution in [0.3, 0.4) is 0 Å². The van der Waals surface area contributed by atoms with Gasteiger partial charge < -0.3 is 18.3 Å². The first-order valence-corrected chi connectivity index (χ1v) is 10.8. The van der Waals surface area contributed by atoms with E-state index in [1.165, 1.54) is 7.11 Å². The van der Waals surface area contributed by atoms with Gasteiger partial charge >= 0.3 is 0 Å². The quantitative estimate of drug-likeness (QED) is 0.359. The minimum Gasteiger partial charge on any atom is -0.493 e. The molecule has 2 aromatic carbocycles. The second-order valence-corrected chi connectivity index (χ2v) is 7.37. The number of methoxy groups -OCH3 is 1. The first-order valence-electron chi connectivity index (χ1n) is 10.8. The zero-order chi connectivity index (χ0) is 23.9. The first-order chi connectivity index (χ1) is 16.6. The number of rotatable bonds is 9. The number of nitrogens with one attached hydrogen (secondary N) is 2. The molecular formula is C24H24N4O6. The Kier molecular flexibility index (Phi) is 7.07. The molecule has 0 aliphatic heterocycles. The monoisotopic (exact) mass is 464 g/mol. The van der Waals surface area contributed by atoms with E-state index in [0.29, 0.717) is 35.0 Å². The van der Waals surface area contributed by atoms with Crippen LogP contribution in [0.4, 0.5) is 0 Å². The van der Waals surface area contributed by atoms with Gasteiger partial charge in [-0.25, -0.2) is 0 Å². The lowest BCUT2D eigenvalue weighted by Crippen LogP contribution is -2.41. The van der Waals surface area contributed by atoms with Crippen LogP contribution in [-0.4, -0.2) is 35.7 Å². The van der Waals surface area contributed by atoms with Crippen molar-refractivity contribution in [1.29, 1.82) is 0 Å². The van der Waals surface area contributed by atoms with Crippen molar-refractivity contribution in [1.82, 2.24) is 21.0 Å². The minimum absolute atomic E-state index is 0.0369. The Bertz CT molecular complexity index is 1260. The van der Waals surface area contributed by atoms with Crippen molar-refractivity contribution in [3.05, 3.63) is 60.0 Å². The molecule has 0 spiro atoms. The normalized spacial score (nSPS) is 10.8. The molecule has 2 amide bonds. The van der Waals surface area contributed by atoms with Crippen LogP contribution in [0.25, 0.3) is 22.6 Å². The predicted molar refractivity (Wildman–Crippen MR) is 122 cm³/mol. The summed E-state index contributed by atoms with van der Waals surface area (Å²) < 4.78 is 22.2. The molecule has 4 aromatic rings. The Labute approximate surface area is 195 Å².